The monoisotopic (exact) mass is 261 g/mol. The molecule has 1 amide bonds. The van der Waals surface area contributed by atoms with Crippen molar-refractivity contribution in [2.75, 3.05) is 12.0 Å². The van der Waals surface area contributed by atoms with Gasteiger partial charge in [-0.2, -0.15) is 0 Å². The summed E-state index contributed by atoms with van der Waals surface area (Å²) in [5.74, 6) is 0.133. The number of hydrogen-bond acceptors (Lipinski definition) is 3. The zero-order chi connectivity index (χ0) is 12.9. The van der Waals surface area contributed by atoms with Crippen LogP contribution < -0.4 is 5.32 Å². The second-order valence-electron chi connectivity index (χ2n) is 5.19. The van der Waals surface area contributed by atoms with Crippen molar-refractivity contribution >= 4 is 15.7 Å². The summed E-state index contributed by atoms with van der Waals surface area (Å²) < 4.78 is 22.2. The third-order valence-electron chi connectivity index (χ3n) is 3.17. The van der Waals surface area contributed by atoms with Crippen LogP contribution in [-0.4, -0.2) is 32.4 Å². The zero-order valence-corrected chi connectivity index (χ0v) is 11.6. The number of hydrogen-bond donors (Lipinski definition) is 1. The molecule has 0 heterocycles. The van der Waals surface area contributed by atoms with Gasteiger partial charge in [-0.3, -0.25) is 4.79 Å². The van der Waals surface area contributed by atoms with Gasteiger partial charge in [-0.1, -0.05) is 25.7 Å². The first kappa shape index (κ1) is 14.5. The second kappa shape index (κ2) is 6.38. The Balaban J connectivity index is 2.42. The van der Waals surface area contributed by atoms with Crippen molar-refractivity contribution in [1.82, 2.24) is 5.32 Å². The molecule has 0 aromatic heterocycles. The summed E-state index contributed by atoms with van der Waals surface area (Å²) in [5, 5.41) is 2.82. The summed E-state index contributed by atoms with van der Waals surface area (Å²) in [6, 6.07) is -0.291. The van der Waals surface area contributed by atoms with Crippen LogP contribution in [0.3, 0.4) is 0 Å². The van der Waals surface area contributed by atoms with Crippen LogP contribution in [-0.2, 0) is 14.6 Å². The second-order valence-corrected chi connectivity index (χ2v) is 7.38. The highest BCUT2D eigenvalue weighted by atomic mass is 32.2. The van der Waals surface area contributed by atoms with E-state index < -0.39 is 9.84 Å². The molecule has 0 aliphatic heterocycles. The third kappa shape index (κ3) is 6.05. The van der Waals surface area contributed by atoms with Crippen molar-refractivity contribution in [2.24, 2.45) is 5.92 Å². The highest BCUT2D eigenvalue weighted by Gasteiger charge is 2.22. The molecule has 0 aromatic carbocycles. The molecular formula is C12H23NO3S. The van der Waals surface area contributed by atoms with Gasteiger partial charge in [0.25, 0.3) is 0 Å². The number of rotatable bonds is 4. The van der Waals surface area contributed by atoms with Crippen molar-refractivity contribution in [3.63, 3.8) is 0 Å². The maximum Gasteiger partial charge on any atom is 0.223 e. The quantitative estimate of drug-likeness (QED) is 0.780. The van der Waals surface area contributed by atoms with Crippen LogP contribution in [0.1, 0.15) is 45.4 Å². The Hall–Kier alpha value is -0.580. The number of carbonyl (C=O) groups excluding carboxylic acids is 1. The predicted octanol–water partition coefficient (Wildman–Crippen LogP) is 1.51. The Morgan fingerprint density at radius 3 is 2.24 bits per heavy atom. The van der Waals surface area contributed by atoms with E-state index in [1.165, 1.54) is 19.1 Å². The average Bonchev–Trinajstić information content (AvgIpc) is 2.41. The summed E-state index contributed by atoms with van der Waals surface area (Å²) in [7, 11) is -3.02. The summed E-state index contributed by atoms with van der Waals surface area (Å²) >= 11 is 0. The number of nitrogens with one attached hydrogen (secondary N) is 1. The summed E-state index contributed by atoms with van der Waals surface area (Å²) in [6.45, 7) is 1.75. The van der Waals surface area contributed by atoms with Gasteiger partial charge in [0.2, 0.25) is 5.91 Å². The number of sulfone groups is 1. The van der Waals surface area contributed by atoms with Crippen LogP contribution in [0.5, 0.6) is 0 Å². The van der Waals surface area contributed by atoms with Gasteiger partial charge in [0.1, 0.15) is 9.84 Å². The molecule has 1 unspecified atom stereocenters. The molecule has 100 valence electrons. The van der Waals surface area contributed by atoms with Gasteiger partial charge in [0.05, 0.1) is 5.75 Å². The van der Waals surface area contributed by atoms with Gasteiger partial charge in [-0.15, -0.1) is 0 Å². The molecule has 5 heteroatoms. The average molecular weight is 261 g/mol. The largest absolute Gasteiger partial charge is 0.352 e. The predicted molar refractivity (Wildman–Crippen MR) is 68.5 cm³/mol. The van der Waals surface area contributed by atoms with Gasteiger partial charge in [0, 0.05) is 18.2 Å². The minimum Gasteiger partial charge on any atom is -0.352 e. The molecule has 1 saturated carbocycles. The lowest BCUT2D eigenvalue weighted by Crippen LogP contribution is -2.40. The fourth-order valence-electron chi connectivity index (χ4n) is 2.40. The minimum atomic E-state index is -3.02. The topological polar surface area (TPSA) is 63.2 Å². The first-order valence-corrected chi connectivity index (χ1v) is 8.42. The molecule has 1 aliphatic carbocycles. The van der Waals surface area contributed by atoms with Crippen LogP contribution in [0.2, 0.25) is 0 Å². The van der Waals surface area contributed by atoms with E-state index in [0.29, 0.717) is 0 Å². The first-order valence-electron chi connectivity index (χ1n) is 6.36. The van der Waals surface area contributed by atoms with E-state index >= 15 is 0 Å². The van der Waals surface area contributed by atoms with Gasteiger partial charge in [-0.05, 0) is 19.8 Å². The molecule has 1 fully saturated rings. The van der Waals surface area contributed by atoms with Crippen LogP contribution in [0.25, 0.3) is 0 Å². The summed E-state index contributed by atoms with van der Waals surface area (Å²) in [4.78, 5) is 11.9. The van der Waals surface area contributed by atoms with Gasteiger partial charge in [0.15, 0.2) is 0 Å². The Bertz CT molecular complexity index is 343. The Kier molecular flexibility index (Phi) is 5.43. The first-order chi connectivity index (χ1) is 7.88. The van der Waals surface area contributed by atoms with Gasteiger partial charge < -0.3 is 5.32 Å². The van der Waals surface area contributed by atoms with E-state index in [-0.39, 0.29) is 23.6 Å². The molecule has 1 aliphatic rings. The van der Waals surface area contributed by atoms with E-state index in [1.54, 1.807) is 6.92 Å². The van der Waals surface area contributed by atoms with E-state index in [9.17, 15) is 13.2 Å². The highest BCUT2D eigenvalue weighted by Crippen LogP contribution is 2.22. The molecular weight excluding hydrogens is 238 g/mol. The maximum absolute atomic E-state index is 11.9. The van der Waals surface area contributed by atoms with Crippen molar-refractivity contribution in [2.45, 2.75) is 51.5 Å². The summed E-state index contributed by atoms with van der Waals surface area (Å²) in [5.41, 5.74) is 0. The Morgan fingerprint density at radius 2 is 1.76 bits per heavy atom. The fourth-order valence-corrected chi connectivity index (χ4v) is 3.39. The van der Waals surface area contributed by atoms with Crippen LogP contribution in [0.15, 0.2) is 0 Å². The van der Waals surface area contributed by atoms with Crippen molar-refractivity contribution < 1.29 is 13.2 Å². The number of carbonyl (C=O) groups is 1. The fraction of sp³-hybridized carbons (Fsp3) is 0.917. The van der Waals surface area contributed by atoms with Gasteiger partial charge >= 0.3 is 0 Å². The Morgan fingerprint density at radius 1 is 1.24 bits per heavy atom. The van der Waals surface area contributed by atoms with E-state index in [4.69, 9.17) is 0 Å². The molecule has 0 aromatic rings. The lowest BCUT2D eigenvalue weighted by Gasteiger charge is -2.18. The molecule has 4 nitrogen and oxygen atoms in total. The van der Waals surface area contributed by atoms with E-state index in [2.05, 4.69) is 5.32 Å². The molecule has 0 bridgehead atoms. The van der Waals surface area contributed by atoms with E-state index in [1.807, 2.05) is 0 Å². The highest BCUT2D eigenvalue weighted by molar-refractivity contribution is 7.90. The van der Waals surface area contributed by atoms with Crippen molar-refractivity contribution in [3.8, 4) is 0 Å². The summed E-state index contributed by atoms with van der Waals surface area (Å²) in [6.07, 6.45) is 7.72. The molecule has 1 N–H and O–H groups in total. The molecule has 0 saturated heterocycles. The number of amides is 1. The van der Waals surface area contributed by atoms with Crippen LogP contribution in [0.4, 0.5) is 0 Å². The standard InChI is InChI=1S/C12H23NO3S/c1-10(9-17(2,15)16)13-12(14)11-7-5-3-4-6-8-11/h10-11H,3-9H2,1-2H3,(H,13,14). The zero-order valence-electron chi connectivity index (χ0n) is 10.7. The maximum atomic E-state index is 11.9. The lowest BCUT2D eigenvalue weighted by atomic mass is 9.99. The van der Waals surface area contributed by atoms with Crippen LogP contribution in [0, 0.1) is 5.92 Å². The molecule has 17 heavy (non-hydrogen) atoms. The minimum absolute atomic E-state index is 0.0193. The van der Waals surface area contributed by atoms with Crippen molar-refractivity contribution in [3.05, 3.63) is 0 Å². The van der Waals surface area contributed by atoms with Crippen LogP contribution >= 0.6 is 0 Å². The normalized spacial score (nSPS) is 20.6. The van der Waals surface area contributed by atoms with Crippen molar-refractivity contribution in [1.29, 1.82) is 0 Å². The SMILES string of the molecule is CC(CS(C)(=O)=O)NC(=O)C1CCCCCC1. The third-order valence-corrected chi connectivity index (χ3v) is 4.27. The molecule has 1 rings (SSSR count). The molecule has 1 atom stereocenters. The smallest absolute Gasteiger partial charge is 0.223 e. The molecule has 0 radical (unpaired) electrons. The lowest BCUT2D eigenvalue weighted by molar-refractivity contribution is -0.125. The van der Waals surface area contributed by atoms with Gasteiger partial charge in [-0.25, -0.2) is 8.42 Å². The molecule has 0 spiro atoms. The van der Waals surface area contributed by atoms with E-state index in [0.717, 1.165) is 25.7 Å². The Labute approximate surface area is 104 Å².